The van der Waals surface area contributed by atoms with E-state index in [2.05, 4.69) is 10.1 Å². The van der Waals surface area contributed by atoms with Crippen molar-refractivity contribution in [2.24, 2.45) is 5.10 Å². The Balaban J connectivity index is 1.89. The molecule has 0 bridgehead atoms. The third-order valence-corrected chi connectivity index (χ3v) is 2.88. The molecule has 0 unspecified atom stereocenters. The predicted octanol–water partition coefficient (Wildman–Crippen LogP) is 2.93. The molecule has 0 fully saturated rings. The molecule has 0 aliphatic heterocycles. The fourth-order valence-corrected chi connectivity index (χ4v) is 1.86. The van der Waals surface area contributed by atoms with Gasteiger partial charge in [0, 0.05) is 0 Å². The van der Waals surface area contributed by atoms with Crippen molar-refractivity contribution in [3.05, 3.63) is 60.4 Å². The van der Waals surface area contributed by atoms with Gasteiger partial charge in [-0.15, -0.1) is 0 Å². The minimum atomic E-state index is 0.838. The highest BCUT2D eigenvalue weighted by atomic mass is 16.5. The molecule has 3 aromatic rings. The molecule has 3 rings (SSSR count). The normalized spacial score (nSPS) is 11.2. The van der Waals surface area contributed by atoms with Crippen molar-refractivity contribution in [1.82, 2.24) is 9.66 Å². The SMILES string of the molecule is COc1ccc(/C=N\n2cnc3ccccc32)cc1. The lowest BCUT2D eigenvalue weighted by Crippen LogP contribution is -1.89. The highest BCUT2D eigenvalue weighted by Crippen LogP contribution is 2.12. The van der Waals surface area contributed by atoms with Gasteiger partial charge in [0.05, 0.1) is 24.4 Å². The first-order valence-electron chi connectivity index (χ1n) is 5.97. The molecule has 1 heterocycles. The van der Waals surface area contributed by atoms with Crippen molar-refractivity contribution >= 4 is 17.2 Å². The van der Waals surface area contributed by atoms with Crippen LogP contribution in [0.15, 0.2) is 60.0 Å². The molecule has 2 aromatic carbocycles. The summed E-state index contributed by atoms with van der Waals surface area (Å²) in [5.74, 6) is 0.838. The van der Waals surface area contributed by atoms with E-state index in [1.165, 1.54) is 0 Å². The number of nitrogens with zero attached hydrogens (tertiary/aromatic N) is 3. The molecular formula is C15H13N3O. The number of para-hydroxylation sites is 2. The smallest absolute Gasteiger partial charge is 0.118 e. The number of ether oxygens (including phenoxy) is 1. The lowest BCUT2D eigenvalue weighted by Gasteiger charge is -1.99. The zero-order valence-corrected chi connectivity index (χ0v) is 10.5. The van der Waals surface area contributed by atoms with Crippen LogP contribution in [0.4, 0.5) is 0 Å². The second-order valence-corrected chi connectivity index (χ2v) is 4.10. The maximum atomic E-state index is 5.12. The van der Waals surface area contributed by atoms with E-state index < -0.39 is 0 Å². The Kier molecular flexibility index (Phi) is 2.98. The van der Waals surface area contributed by atoms with Crippen LogP contribution < -0.4 is 4.74 Å². The molecule has 0 aliphatic carbocycles. The maximum Gasteiger partial charge on any atom is 0.118 e. The van der Waals surface area contributed by atoms with Crippen LogP contribution >= 0.6 is 0 Å². The highest BCUT2D eigenvalue weighted by molar-refractivity contribution is 5.81. The molecule has 19 heavy (non-hydrogen) atoms. The molecule has 4 heteroatoms. The largest absolute Gasteiger partial charge is 0.497 e. The molecule has 0 saturated carbocycles. The maximum absolute atomic E-state index is 5.12. The van der Waals surface area contributed by atoms with Crippen LogP contribution in [-0.4, -0.2) is 23.0 Å². The van der Waals surface area contributed by atoms with E-state index in [1.54, 1.807) is 24.3 Å². The Bertz CT molecular complexity index is 714. The van der Waals surface area contributed by atoms with Gasteiger partial charge >= 0.3 is 0 Å². The van der Waals surface area contributed by atoms with Crippen molar-refractivity contribution < 1.29 is 4.74 Å². The van der Waals surface area contributed by atoms with Gasteiger partial charge in [0.25, 0.3) is 0 Å². The molecule has 0 spiro atoms. The van der Waals surface area contributed by atoms with Gasteiger partial charge in [0.2, 0.25) is 0 Å². The zero-order valence-electron chi connectivity index (χ0n) is 10.5. The van der Waals surface area contributed by atoms with Crippen molar-refractivity contribution in [3.63, 3.8) is 0 Å². The molecule has 1 aromatic heterocycles. The minimum absolute atomic E-state index is 0.838. The quantitative estimate of drug-likeness (QED) is 0.671. The Morgan fingerprint density at radius 3 is 2.68 bits per heavy atom. The number of hydrogen-bond donors (Lipinski definition) is 0. The van der Waals surface area contributed by atoms with Crippen LogP contribution in [0.3, 0.4) is 0 Å². The first-order chi connectivity index (χ1) is 9.36. The first-order valence-corrected chi connectivity index (χ1v) is 5.97. The summed E-state index contributed by atoms with van der Waals surface area (Å²) in [5, 5.41) is 4.41. The fraction of sp³-hybridized carbons (Fsp3) is 0.0667. The second kappa shape index (κ2) is 4.94. The number of benzene rings is 2. The predicted molar refractivity (Wildman–Crippen MR) is 75.7 cm³/mol. The number of fused-ring (bicyclic) bond motifs is 1. The average Bonchev–Trinajstić information content (AvgIpc) is 2.89. The molecule has 0 radical (unpaired) electrons. The van der Waals surface area contributed by atoms with Crippen LogP contribution in [0, 0.1) is 0 Å². The van der Waals surface area contributed by atoms with E-state index in [0.717, 1.165) is 22.3 Å². The third-order valence-electron chi connectivity index (χ3n) is 2.88. The van der Waals surface area contributed by atoms with Gasteiger partial charge in [0.1, 0.15) is 12.1 Å². The minimum Gasteiger partial charge on any atom is -0.497 e. The molecular weight excluding hydrogens is 238 g/mol. The van der Waals surface area contributed by atoms with Crippen molar-refractivity contribution in [2.75, 3.05) is 7.11 Å². The number of rotatable bonds is 3. The van der Waals surface area contributed by atoms with E-state index in [4.69, 9.17) is 4.74 Å². The van der Waals surface area contributed by atoms with Gasteiger partial charge < -0.3 is 4.74 Å². The molecule has 4 nitrogen and oxygen atoms in total. The first kappa shape index (κ1) is 11.5. The van der Waals surface area contributed by atoms with Gasteiger partial charge in [-0.05, 0) is 42.0 Å². The van der Waals surface area contributed by atoms with Gasteiger partial charge in [0.15, 0.2) is 0 Å². The summed E-state index contributed by atoms with van der Waals surface area (Å²) < 4.78 is 6.88. The summed E-state index contributed by atoms with van der Waals surface area (Å²) in [6, 6.07) is 15.6. The van der Waals surface area contributed by atoms with Gasteiger partial charge in [-0.3, -0.25) is 0 Å². The van der Waals surface area contributed by atoms with Gasteiger partial charge in [-0.25, -0.2) is 9.66 Å². The summed E-state index contributed by atoms with van der Waals surface area (Å²) in [4.78, 5) is 4.29. The van der Waals surface area contributed by atoms with E-state index >= 15 is 0 Å². The Labute approximate surface area is 111 Å². The topological polar surface area (TPSA) is 39.4 Å². The van der Waals surface area contributed by atoms with Crippen LogP contribution in [0.5, 0.6) is 5.75 Å². The monoisotopic (exact) mass is 251 g/mol. The lowest BCUT2D eigenvalue weighted by molar-refractivity contribution is 0.415. The standard InChI is InChI=1S/C15H13N3O/c1-19-13-8-6-12(7-9-13)10-17-18-11-16-14-4-2-3-5-15(14)18/h2-11H,1H3/b17-10-. The number of hydrogen-bond acceptors (Lipinski definition) is 3. The van der Waals surface area contributed by atoms with Crippen LogP contribution in [-0.2, 0) is 0 Å². The second-order valence-electron chi connectivity index (χ2n) is 4.10. The van der Waals surface area contributed by atoms with Crippen molar-refractivity contribution in [1.29, 1.82) is 0 Å². The van der Waals surface area contributed by atoms with Crippen LogP contribution in [0.2, 0.25) is 0 Å². The number of aromatic nitrogens is 2. The molecule has 0 atom stereocenters. The van der Waals surface area contributed by atoms with E-state index in [-0.39, 0.29) is 0 Å². The third kappa shape index (κ3) is 2.33. The van der Waals surface area contributed by atoms with Crippen molar-refractivity contribution in [2.45, 2.75) is 0 Å². The fourth-order valence-electron chi connectivity index (χ4n) is 1.86. The summed E-state index contributed by atoms with van der Waals surface area (Å²) in [7, 11) is 1.65. The van der Waals surface area contributed by atoms with Gasteiger partial charge in [-0.1, -0.05) is 12.1 Å². The Hall–Kier alpha value is -2.62. The summed E-state index contributed by atoms with van der Waals surface area (Å²) in [5.41, 5.74) is 2.94. The van der Waals surface area contributed by atoms with Crippen LogP contribution in [0.25, 0.3) is 11.0 Å². The van der Waals surface area contributed by atoms with Crippen LogP contribution in [0.1, 0.15) is 5.56 Å². The molecule has 0 N–H and O–H groups in total. The van der Waals surface area contributed by atoms with E-state index in [0.29, 0.717) is 0 Å². The highest BCUT2D eigenvalue weighted by Gasteiger charge is 1.98. The Morgan fingerprint density at radius 2 is 1.89 bits per heavy atom. The van der Waals surface area contributed by atoms with E-state index in [9.17, 15) is 0 Å². The lowest BCUT2D eigenvalue weighted by atomic mass is 10.2. The van der Waals surface area contributed by atoms with Gasteiger partial charge in [-0.2, -0.15) is 5.10 Å². The summed E-state index contributed by atoms with van der Waals surface area (Å²) >= 11 is 0. The summed E-state index contributed by atoms with van der Waals surface area (Å²) in [6.07, 6.45) is 3.51. The molecule has 0 aliphatic rings. The molecule has 0 amide bonds. The van der Waals surface area contributed by atoms with E-state index in [1.807, 2.05) is 48.5 Å². The van der Waals surface area contributed by atoms with Crippen molar-refractivity contribution in [3.8, 4) is 5.75 Å². The average molecular weight is 251 g/mol. The molecule has 0 saturated heterocycles. The summed E-state index contributed by atoms with van der Waals surface area (Å²) in [6.45, 7) is 0. The number of imidazole rings is 1. The Morgan fingerprint density at radius 1 is 1.11 bits per heavy atom. The number of methoxy groups -OCH3 is 1. The zero-order chi connectivity index (χ0) is 13.1. The molecule has 94 valence electrons.